The average molecular weight is 223 g/mol. The predicted octanol–water partition coefficient (Wildman–Crippen LogP) is 2.46. The molecule has 0 saturated heterocycles. The van der Waals surface area contributed by atoms with Crippen LogP contribution in [0.15, 0.2) is 18.2 Å². The Hall–Kier alpha value is -1.71. The molecule has 88 valence electrons. The third-order valence-electron chi connectivity index (χ3n) is 2.10. The number of nitrogens with one attached hydrogen (secondary N) is 1. The molecule has 0 unspecified atom stereocenters. The lowest BCUT2D eigenvalue weighted by Gasteiger charge is -2.12. The van der Waals surface area contributed by atoms with Crippen molar-refractivity contribution in [3.05, 3.63) is 23.8 Å². The molecule has 1 aromatic rings. The molecule has 1 N–H and O–H groups in total. The number of benzene rings is 1. The molecule has 0 atom stereocenters. The van der Waals surface area contributed by atoms with Crippen LogP contribution in [-0.4, -0.2) is 26.7 Å². The highest BCUT2D eigenvalue weighted by Crippen LogP contribution is 2.24. The van der Waals surface area contributed by atoms with Crippen molar-refractivity contribution in [3.63, 3.8) is 0 Å². The summed E-state index contributed by atoms with van der Waals surface area (Å²) in [4.78, 5) is 0. The van der Waals surface area contributed by atoms with Crippen LogP contribution in [0.2, 0.25) is 0 Å². The molecule has 16 heavy (non-hydrogen) atoms. The van der Waals surface area contributed by atoms with Gasteiger partial charge in [0.05, 0.1) is 26.4 Å². The minimum Gasteiger partial charge on any atom is -0.497 e. The number of ether oxygens (including phenoxy) is 3. The highest BCUT2D eigenvalue weighted by Gasteiger charge is 2.11. The van der Waals surface area contributed by atoms with E-state index in [0.717, 1.165) is 6.42 Å². The van der Waals surface area contributed by atoms with E-state index in [9.17, 15) is 0 Å². The summed E-state index contributed by atoms with van der Waals surface area (Å²) in [6.45, 7) is 2.65. The predicted molar refractivity (Wildman–Crippen MR) is 62.6 cm³/mol. The van der Waals surface area contributed by atoms with Crippen LogP contribution in [0.1, 0.15) is 18.9 Å². The third-order valence-corrected chi connectivity index (χ3v) is 2.10. The van der Waals surface area contributed by atoms with Gasteiger partial charge in [-0.25, -0.2) is 0 Å². The molecular formula is C12H17NO3. The monoisotopic (exact) mass is 223 g/mol. The van der Waals surface area contributed by atoms with Gasteiger partial charge in [0.25, 0.3) is 0 Å². The highest BCUT2D eigenvalue weighted by atomic mass is 16.5. The van der Waals surface area contributed by atoms with Crippen molar-refractivity contribution in [2.24, 2.45) is 0 Å². The number of hydrogen-bond donors (Lipinski definition) is 1. The van der Waals surface area contributed by atoms with Gasteiger partial charge in [0.1, 0.15) is 11.5 Å². The molecule has 0 aliphatic carbocycles. The molecular weight excluding hydrogens is 206 g/mol. The molecule has 1 rings (SSSR count). The zero-order valence-electron chi connectivity index (χ0n) is 9.87. The Morgan fingerprint density at radius 1 is 1.31 bits per heavy atom. The summed E-state index contributed by atoms with van der Waals surface area (Å²) < 4.78 is 15.5. The van der Waals surface area contributed by atoms with Crippen molar-refractivity contribution < 1.29 is 14.2 Å². The lowest BCUT2D eigenvalue weighted by atomic mass is 10.2. The van der Waals surface area contributed by atoms with Crippen LogP contribution in [0.3, 0.4) is 0 Å². The minimum absolute atomic E-state index is 0.0741. The van der Waals surface area contributed by atoms with Crippen LogP contribution in [0.25, 0.3) is 0 Å². The topological polar surface area (TPSA) is 51.5 Å². The summed E-state index contributed by atoms with van der Waals surface area (Å²) >= 11 is 0. The summed E-state index contributed by atoms with van der Waals surface area (Å²) in [6, 6.07) is 5.33. The number of methoxy groups -OCH3 is 2. The normalized spacial score (nSPS) is 9.69. The Balaban J connectivity index is 3.01. The van der Waals surface area contributed by atoms with Gasteiger partial charge in [0, 0.05) is 0 Å². The van der Waals surface area contributed by atoms with Gasteiger partial charge in [0.15, 0.2) is 0 Å². The summed E-state index contributed by atoms with van der Waals surface area (Å²) in [5.41, 5.74) is 0.607. The van der Waals surface area contributed by atoms with Crippen LogP contribution in [0.5, 0.6) is 11.5 Å². The molecule has 0 spiro atoms. The lowest BCUT2D eigenvalue weighted by Crippen LogP contribution is -2.06. The van der Waals surface area contributed by atoms with Gasteiger partial charge in [0.2, 0.25) is 5.90 Å². The fraction of sp³-hybridized carbons (Fsp3) is 0.417. The van der Waals surface area contributed by atoms with E-state index in [1.54, 1.807) is 25.3 Å². The van der Waals surface area contributed by atoms with Crippen molar-refractivity contribution in [1.29, 1.82) is 5.41 Å². The third kappa shape index (κ3) is 2.89. The highest BCUT2D eigenvalue weighted by molar-refractivity contribution is 5.94. The van der Waals surface area contributed by atoms with Crippen molar-refractivity contribution in [1.82, 2.24) is 0 Å². The Labute approximate surface area is 95.6 Å². The van der Waals surface area contributed by atoms with Crippen LogP contribution >= 0.6 is 0 Å². The first-order valence-corrected chi connectivity index (χ1v) is 5.16. The second-order valence-corrected chi connectivity index (χ2v) is 3.24. The van der Waals surface area contributed by atoms with Crippen molar-refractivity contribution in [3.8, 4) is 11.5 Å². The van der Waals surface area contributed by atoms with Crippen molar-refractivity contribution in [2.75, 3.05) is 20.8 Å². The molecule has 1 aromatic carbocycles. The number of rotatable bonds is 5. The zero-order valence-corrected chi connectivity index (χ0v) is 9.87. The molecule has 0 bridgehead atoms. The van der Waals surface area contributed by atoms with E-state index < -0.39 is 0 Å². The maximum Gasteiger partial charge on any atom is 0.216 e. The van der Waals surface area contributed by atoms with Crippen molar-refractivity contribution in [2.45, 2.75) is 13.3 Å². The first-order valence-electron chi connectivity index (χ1n) is 5.16. The Bertz CT molecular complexity index is 363. The quantitative estimate of drug-likeness (QED) is 0.616. The van der Waals surface area contributed by atoms with Gasteiger partial charge in [-0.15, -0.1) is 0 Å². The number of hydrogen-bond acceptors (Lipinski definition) is 4. The van der Waals surface area contributed by atoms with E-state index in [2.05, 4.69) is 0 Å². The lowest BCUT2D eigenvalue weighted by molar-refractivity contribution is 0.313. The molecule has 0 aliphatic rings. The standard InChI is InChI=1S/C12H17NO3/c1-4-7-16-11-6-5-9(14-2)8-10(11)12(13)15-3/h5-6,8,13H,4,7H2,1-3H3. The smallest absolute Gasteiger partial charge is 0.216 e. The Morgan fingerprint density at radius 3 is 2.62 bits per heavy atom. The fourth-order valence-electron chi connectivity index (χ4n) is 1.26. The van der Waals surface area contributed by atoms with Crippen LogP contribution in [-0.2, 0) is 4.74 Å². The van der Waals surface area contributed by atoms with E-state index in [4.69, 9.17) is 19.6 Å². The van der Waals surface area contributed by atoms with E-state index in [-0.39, 0.29) is 5.90 Å². The van der Waals surface area contributed by atoms with E-state index in [1.165, 1.54) is 7.11 Å². The van der Waals surface area contributed by atoms with Crippen LogP contribution in [0, 0.1) is 5.41 Å². The van der Waals surface area contributed by atoms with Gasteiger partial charge < -0.3 is 14.2 Å². The maximum atomic E-state index is 7.67. The largest absolute Gasteiger partial charge is 0.497 e. The molecule has 0 saturated carbocycles. The van der Waals surface area contributed by atoms with Gasteiger partial charge in [-0.3, -0.25) is 5.41 Å². The van der Waals surface area contributed by atoms with E-state index in [1.807, 2.05) is 6.92 Å². The summed E-state index contributed by atoms with van der Waals surface area (Å²) in [6.07, 6.45) is 0.922. The Kier molecular flexibility index (Phi) is 4.64. The second-order valence-electron chi connectivity index (χ2n) is 3.24. The first kappa shape index (κ1) is 12.4. The first-order chi connectivity index (χ1) is 7.72. The van der Waals surface area contributed by atoms with E-state index >= 15 is 0 Å². The molecule has 0 amide bonds. The fourth-order valence-corrected chi connectivity index (χ4v) is 1.26. The summed E-state index contributed by atoms with van der Waals surface area (Å²) in [5, 5.41) is 7.67. The minimum atomic E-state index is 0.0741. The Morgan fingerprint density at radius 2 is 2.06 bits per heavy atom. The molecule has 0 heterocycles. The molecule has 0 aromatic heterocycles. The van der Waals surface area contributed by atoms with E-state index in [0.29, 0.717) is 23.7 Å². The van der Waals surface area contributed by atoms with Gasteiger partial charge in [-0.2, -0.15) is 0 Å². The van der Waals surface area contributed by atoms with Crippen LogP contribution in [0.4, 0.5) is 0 Å². The SMILES string of the molecule is CCCOc1ccc(OC)cc1C(=N)OC. The van der Waals surface area contributed by atoms with Gasteiger partial charge in [-0.05, 0) is 24.6 Å². The summed E-state index contributed by atoms with van der Waals surface area (Å²) in [5.74, 6) is 1.40. The molecule has 0 aliphatic heterocycles. The molecule has 4 heteroatoms. The van der Waals surface area contributed by atoms with Gasteiger partial charge >= 0.3 is 0 Å². The van der Waals surface area contributed by atoms with Crippen LogP contribution < -0.4 is 9.47 Å². The van der Waals surface area contributed by atoms with Crippen molar-refractivity contribution >= 4 is 5.90 Å². The molecule has 0 fully saturated rings. The maximum absolute atomic E-state index is 7.67. The molecule has 0 radical (unpaired) electrons. The summed E-state index contributed by atoms with van der Waals surface area (Å²) in [7, 11) is 3.05. The van der Waals surface area contributed by atoms with Gasteiger partial charge in [-0.1, -0.05) is 6.92 Å². The molecule has 4 nitrogen and oxygen atoms in total. The second kappa shape index (κ2) is 6.00. The average Bonchev–Trinajstić information content (AvgIpc) is 2.35. The zero-order chi connectivity index (χ0) is 12.0.